The SMILES string of the molecule is C/C=C/N(I)c1ccc(-n2cnc(COC)c2)c(OC)c1. The highest BCUT2D eigenvalue weighted by Gasteiger charge is 2.09. The molecule has 0 amide bonds. The Bertz CT molecular complexity index is 625. The Hall–Kier alpha value is -1.54. The van der Waals surface area contributed by atoms with E-state index >= 15 is 0 Å². The molecule has 0 radical (unpaired) electrons. The van der Waals surface area contributed by atoms with Crippen LogP contribution in [0.15, 0.2) is 43.0 Å². The summed E-state index contributed by atoms with van der Waals surface area (Å²) in [4.78, 5) is 4.30. The van der Waals surface area contributed by atoms with Crippen molar-refractivity contribution in [2.45, 2.75) is 13.5 Å². The van der Waals surface area contributed by atoms with Gasteiger partial charge < -0.3 is 14.0 Å². The average Bonchev–Trinajstić information content (AvgIpc) is 2.95. The first-order valence-corrected chi connectivity index (χ1v) is 7.44. The first-order chi connectivity index (χ1) is 10.2. The smallest absolute Gasteiger partial charge is 0.144 e. The minimum Gasteiger partial charge on any atom is -0.494 e. The highest BCUT2D eigenvalue weighted by Crippen LogP contribution is 2.30. The van der Waals surface area contributed by atoms with Crippen LogP contribution in [0.25, 0.3) is 5.69 Å². The molecule has 0 aliphatic heterocycles. The van der Waals surface area contributed by atoms with Gasteiger partial charge in [0.15, 0.2) is 0 Å². The van der Waals surface area contributed by atoms with E-state index in [1.165, 1.54) is 0 Å². The summed E-state index contributed by atoms with van der Waals surface area (Å²) in [6, 6.07) is 6.06. The van der Waals surface area contributed by atoms with E-state index in [-0.39, 0.29) is 0 Å². The molecule has 1 aromatic heterocycles. The van der Waals surface area contributed by atoms with Crippen LogP contribution in [-0.4, -0.2) is 23.8 Å². The second kappa shape index (κ2) is 7.46. The molecule has 2 rings (SSSR count). The van der Waals surface area contributed by atoms with Gasteiger partial charge in [-0.25, -0.2) is 4.98 Å². The van der Waals surface area contributed by atoms with Crippen molar-refractivity contribution < 1.29 is 9.47 Å². The van der Waals surface area contributed by atoms with Crippen LogP contribution in [0.4, 0.5) is 5.69 Å². The number of benzene rings is 1. The lowest BCUT2D eigenvalue weighted by Gasteiger charge is -2.15. The van der Waals surface area contributed by atoms with E-state index in [2.05, 4.69) is 27.8 Å². The van der Waals surface area contributed by atoms with E-state index < -0.39 is 0 Å². The van der Waals surface area contributed by atoms with Crippen LogP contribution in [0, 0.1) is 0 Å². The van der Waals surface area contributed by atoms with Crippen molar-refractivity contribution in [3.63, 3.8) is 0 Å². The molecular weight excluding hydrogens is 381 g/mol. The number of halogens is 1. The number of rotatable bonds is 6. The Labute approximate surface area is 138 Å². The number of nitrogens with zero attached hydrogens (tertiary/aromatic N) is 3. The van der Waals surface area contributed by atoms with E-state index in [4.69, 9.17) is 9.47 Å². The summed E-state index contributed by atoms with van der Waals surface area (Å²) in [7, 11) is 3.33. The lowest BCUT2D eigenvalue weighted by atomic mass is 10.2. The number of hydrogen-bond donors (Lipinski definition) is 0. The van der Waals surface area contributed by atoms with Crippen LogP contribution in [0.5, 0.6) is 5.75 Å². The van der Waals surface area contributed by atoms with Gasteiger partial charge in [-0.3, -0.25) is 3.11 Å². The van der Waals surface area contributed by atoms with Crippen LogP contribution < -0.4 is 7.85 Å². The van der Waals surface area contributed by atoms with Crippen molar-refractivity contribution in [2.75, 3.05) is 17.3 Å². The van der Waals surface area contributed by atoms with Crippen molar-refractivity contribution in [3.8, 4) is 11.4 Å². The molecule has 0 saturated heterocycles. The average molecular weight is 399 g/mol. The molecule has 2 aromatic rings. The molecule has 0 saturated carbocycles. The Kier molecular flexibility index (Phi) is 5.63. The molecule has 112 valence electrons. The van der Waals surface area contributed by atoms with Gasteiger partial charge in [0, 0.05) is 25.6 Å². The predicted molar refractivity (Wildman–Crippen MR) is 92.1 cm³/mol. The van der Waals surface area contributed by atoms with E-state index in [1.807, 2.05) is 51.3 Å². The number of methoxy groups -OCH3 is 2. The fraction of sp³-hybridized carbons (Fsp3) is 0.267. The Morgan fingerprint density at radius 2 is 2.19 bits per heavy atom. The second-order valence-electron chi connectivity index (χ2n) is 4.36. The second-order valence-corrected chi connectivity index (χ2v) is 5.39. The maximum absolute atomic E-state index is 5.50. The number of ether oxygens (including phenoxy) is 2. The molecule has 0 unspecified atom stereocenters. The van der Waals surface area contributed by atoms with Gasteiger partial charge in [-0.15, -0.1) is 0 Å². The lowest BCUT2D eigenvalue weighted by Crippen LogP contribution is -2.01. The monoisotopic (exact) mass is 399 g/mol. The quantitative estimate of drug-likeness (QED) is 0.549. The number of hydrogen-bond acceptors (Lipinski definition) is 4. The molecule has 6 heteroatoms. The fourth-order valence-corrected chi connectivity index (χ4v) is 2.57. The standard InChI is InChI=1S/C15H18IN3O2/c1-4-7-19(16)13-5-6-14(15(8-13)21-3)18-9-12(10-20-2)17-11-18/h4-9,11H,10H2,1-3H3/b7-4+. The van der Waals surface area contributed by atoms with Crippen molar-refractivity contribution in [2.24, 2.45) is 0 Å². The van der Waals surface area contributed by atoms with Gasteiger partial charge in [0.25, 0.3) is 0 Å². The summed E-state index contributed by atoms with van der Waals surface area (Å²) < 4.78 is 14.5. The Morgan fingerprint density at radius 3 is 2.86 bits per heavy atom. The van der Waals surface area contributed by atoms with Crippen molar-refractivity contribution in [1.82, 2.24) is 9.55 Å². The largest absolute Gasteiger partial charge is 0.494 e. The summed E-state index contributed by atoms with van der Waals surface area (Å²) >= 11 is 2.24. The fourth-order valence-electron chi connectivity index (χ4n) is 1.95. The summed E-state index contributed by atoms with van der Waals surface area (Å²) in [5, 5.41) is 0. The summed E-state index contributed by atoms with van der Waals surface area (Å²) in [6.07, 6.45) is 7.68. The van der Waals surface area contributed by atoms with Gasteiger partial charge >= 0.3 is 0 Å². The molecule has 0 N–H and O–H groups in total. The van der Waals surface area contributed by atoms with E-state index in [0.717, 1.165) is 22.8 Å². The molecule has 0 aliphatic carbocycles. The maximum Gasteiger partial charge on any atom is 0.144 e. The topological polar surface area (TPSA) is 39.5 Å². The molecule has 0 atom stereocenters. The van der Waals surface area contributed by atoms with Gasteiger partial charge in [0.05, 0.1) is 60.0 Å². The lowest BCUT2D eigenvalue weighted by molar-refractivity contribution is 0.182. The highest BCUT2D eigenvalue weighted by molar-refractivity contribution is 14.1. The molecule has 1 heterocycles. The van der Waals surface area contributed by atoms with Gasteiger partial charge in [0.1, 0.15) is 5.75 Å². The number of allylic oxidation sites excluding steroid dienone is 1. The maximum atomic E-state index is 5.50. The van der Waals surface area contributed by atoms with Gasteiger partial charge in [0.2, 0.25) is 0 Å². The van der Waals surface area contributed by atoms with Crippen LogP contribution in [-0.2, 0) is 11.3 Å². The zero-order chi connectivity index (χ0) is 15.2. The molecule has 0 spiro atoms. The van der Waals surface area contributed by atoms with Crippen molar-refractivity contribution in [1.29, 1.82) is 0 Å². The number of imidazole rings is 1. The van der Waals surface area contributed by atoms with Crippen LogP contribution in [0.3, 0.4) is 0 Å². The molecule has 1 aromatic carbocycles. The third-order valence-corrected chi connectivity index (χ3v) is 3.78. The summed E-state index contributed by atoms with van der Waals surface area (Å²) in [5.41, 5.74) is 2.88. The molecule has 0 bridgehead atoms. The molecule has 0 aliphatic rings. The molecule has 21 heavy (non-hydrogen) atoms. The first-order valence-electron chi connectivity index (χ1n) is 6.47. The number of anilines is 1. The predicted octanol–water partition coefficient (Wildman–Crippen LogP) is 3.72. The van der Waals surface area contributed by atoms with E-state index in [1.54, 1.807) is 20.5 Å². The van der Waals surface area contributed by atoms with Crippen LogP contribution in [0.2, 0.25) is 0 Å². The summed E-state index contributed by atoms with van der Waals surface area (Å²) in [6.45, 7) is 2.48. The Morgan fingerprint density at radius 1 is 1.38 bits per heavy atom. The first kappa shape index (κ1) is 15.8. The third-order valence-electron chi connectivity index (χ3n) is 2.90. The van der Waals surface area contributed by atoms with E-state index in [9.17, 15) is 0 Å². The van der Waals surface area contributed by atoms with Gasteiger partial charge in [-0.05, 0) is 19.1 Å². The summed E-state index contributed by atoms with van der Waals surface area (Å²) in [5.74, 6) is 0.792. The zero-order valence-electron chi connectivity index (χ0n) is 12.3. The highest BCUT2D eigenvalue weighted by atomic mass is 127. The van der Waals surface area contributed by atoms with Crippen LogP contribution >= 0.6 is 22.9 Å². The molecule has 0 fully saturated rings. The van der Waals surface area contributed by atoms with Crippen molar-refractivity contribution >= 4 is 28.6 Å². The normalized spacial score (nSPS) is 11.0. The molecule has 5 nitrogen and oxygen atoms in total. The third kappa shape index (κ3) is 3.76. The minimum atomic E-state index is 0.496. The minimum absolute atomic E-state index is 0.496. The van der Waals surface area contributed by atoms with Gasteiger partial charge in [-0.1, -0.05) is 6.08 Å². The van der Waals surface area contributed by atoms with Crippen LogP contribution in [0.1, 0.15) is 12.6 Å². The van der Waals surface area contributed by atoms with Crippen molar-refractivity contribution in [3.05, 3.63) is 48.7 Å². The molecular formula is C15H18IN3O2. The van der Waals surface area contributed by atoms with E-state index in [0.29, 0.717) is 6.61 Å². The Balaban J connectivity index is 2.35. The van der Waals surface area contributed by atoms with Gasteiger partial charge in [-0.2, -0.15) is 0 Å². The number of aromatic nitrogens is 2. The zero-order valence-corrected chi connectivity index (χ0v) is 14.4.